The molecular formula is C7H15N3O3S. The number of primary sulfonamides is 1. The third-order valence-electron chi connectivity index (χ3n) is 2.06. The summed E-state index contributed by atoms with van der Waals surface area (Å²) in [4.78, 5) is 11.3. The van der Waals surface area contributed by atoms with Crippen molar-refractivity contribution >= 4 is 15.9 Å². The quantitative estimate of drug-likeness (QED) is 0.518. The second-order valence-electron chi connectivity index (χ2n) is 3.31. The summed E-state index contributed by atoms with van der Waals surface area (Å²) in [6.45, 7) is 0.920. The largest absolute Gasteiger partial charge is 0.354 e. The van der Waals surface area contributed by atoms with Crippen molar-refractivity contribution in [3.63, 3.8) is 0 Å². The van der Waals surface area contributed by atoms with Gasteiger partial charge in [-0.15, -0.1) is 0 Å². The Balaban J connectivity index is 2.21. The Morgan fingerprint density at radius 2 is 2.29 bits per heavy atom. The molecule has 1 fully saturated rings. The first-order valence-corrected chi connectivity index (χ1v) is 6.22. The molecule has 7 heteroatoms. The molecule has 6 nitrogen and oxygen atoms in total. The van der Waals surface area contributed by atoms with E-state index in [4.69, 9.17) is 5.14 Å². The van der Waals surface area contributed by atoms with Crippen LogP contribution < -0.4 is 15.8 Å². The zero-order chi connectivity index (χ0) is 10.6. The molecule has 82 valence electrons. The maximum absolute atomic E-state index is 11.3. The first-order valence-electron chi connectivity index (χ1n) is 4.50. The molecule has 0 aromatic heterocycles. The fraction of sp³-hybridized carbons (Fsp3) is 0.857. The molecule has 14 heavy (non-hydrogen) atoms. The molecule has 4 N–H and O–H groups in total. The van der Waals surface area contributed by atoms with E-state index in [-0.39, 0.29) is 24.2 Å². The number of carbonyl (C=O) groups is 1. The van der Waals surface area contributed by atoms with Gasteiger partial charge in [-0.1, -0.05) is 0 Å². The molecule has 0 aromatic rings. The summed E-state index contributed by atoms with van der Waals surface area (Å²) >= 11 is 0. The summed E-state index contributed by atoms with van der Waals surface area (Å²) in [5, 5.41) is 10.3. The van der Waals surface area contributed by atoms with Crippen LogP contribution >= 0.6 is 0 Å². The maximum atomic E-state index is 11.3. The Bertz CT molecular complexity index is 295. The Morgan fingerprint density at radius 3 is 2.79 bits per heavy atom. The number of rotatable bonds is 4. The third-order valence-corrected chi connectivity index (χ3v) is 2.84. The summed E-state index contributed by atoms with van der Waals surface area (Å²) in [5.41, 5.74) is 0. The van der Waals surface area contributed by atoms with Gasteiger partial charge in [-0.25, -0.2) is 13.6 Å². The van der Waals surface area contributed by atoms with Gasteiger partial charge < -0.3 is 10.6 Å². The average Bonchev–Trinajstić information content (AvgIpc) is 2.53. The van der Waals surface area contributed by atoms with Crippen molar-refractivity contribution < 1.29 is 13.2 Å². The van der Waals surface area contributed by atoms with Gasteiger partial charge >= 0.3 is 0 Å². The van der Waals surface area contributed by atoms with E-state index in [0.717, 1.165) is 19.4 Å². The van der Waals surface area contributed by atoms with E-state index in [1.807, 2.05) is 0 Å². The van der Waals surface area contributed by atoms with Crippen molar-refractivity contribution in [1.82, 2.24) is 10.6 Å². The lowest BCUT2D eigenvalue weighted by atomic mass is 10.2. The first kappa shape index (κ1) is 11.4. The Hall–Kier alpha value is -0.660. The second-order valence-corrected chi connectivity index (χ2v) is 5.04. The molecule has 1 saturated heterocycles. The minimum atomic E-state index is -3.48. The molecule has 0 saturated carbocycles. The molecule has 1 rings (SSSR count). The van der Waals surface area contributed by atoms with Crippen LogP contribution in [0.2, 0.25) is 0 Å². The van der Waals surface area contributed by atoms with Crippen molar-refractivity contribution in [3.05, 3.63) is 0 Å². The summed E-state index contributed by atoms with van der Waals surface area (Å²) in [6.07, 6.45) is 1.79. The topological polar surface area (TPSA) is 101 Å². The van der Waals surface area contributed by atoms with E-state index in [9.17, 15) is 13.2 Å². The molecule has 0 aliphatic carbocycles. The second kappa shape index (κ2) is 4.72. The minimum Gasteiger partial charge on any atom is -0.354 e. The van der Waals surface area contributed by atoms with Crippen molar-refractivity contribution in [3.8, 4) is 0 Å². The van der Waals surface area contributed by atoms with Crippen LogP contribution in [0.3, 0.4) is 0 Å². The van der Waals surface area contributed by atoms with Gasteiger partial charge in [0.05, 0.1) is 11.8 Å². The highest BCUT2D eigenvalue weighted by molar-refractivity contribution is 7.89. The molecule has 1 amide bonds. The number of carbonyl (C=O) groups excluding carboxylic acids is 1. The van der Waals surface area contributed by atoms with Crippen LogP contribution in [0.1, 0.15) is 12.8 Å². The van der Waals surface area contributed by atoms with Gasteiger partial charge in [0.1, 0.15) is 0 Å². The molecule has 1 aliphatic rings. The first-order chi connectivity index (χ1) is 6.49. The van der Waals surface area contributed by atoms with Crippen LogP contribution in [0, 0.1) is 0 Å². The molecule has 1 unspecified atom stereocenters. The van der Waals surface area contributed by atoms with Crippen LogP contribution in [0.25, 0.3) is 0 Å². The zero-order valence-electron chi connectivity index (χ0n) is 7.82. The van der Waals surface area contributed by atoms with Gasteiger partial charge in [0.15, 0.2) is 0 Å². The van der Waals surface area contributed by atoms with Crippen LogP contribution in [0.4, 0.5) is 0 Å². The van der Waals surface area contributed by atoms with Gasteiger partial charge in [0, 0.05) is 6.54 Å². The van der Waals surface area contributed by atoms with E-state index >= 15 is 0 Å². The van der Waals surface area contributed by atoms with Crippen molar-refractivity contribution in [2.45, 2.75) is 18.9 Å². The zero-order valence-corrected chi connectivity index (χ0v) is 8.64. The Morgan fingerprint density at radius 1 is 1.57 bits per heavy atom. The normalized spacial score (nSPS) is 22.2. The number of hydrogen-bond acceptors (Lipinski definition) is 4. The van der Waals surface area contributed by atoms with E-state index < -0.39 is 10.0 Å². The molecule has 0 spiro atoms. The molecular weight excluding hydrogens is 206 g/mol. The summed E-state index contributed by atoms with van der Waals surface area (Å²) in [7, 11) is -3.48. The lowest BCUT2D eigenvalue weighted by Crippen LogP contribution is -2.42. The molecule has 1 atom stereocenters. The predicted molar refractivity (Wildman–Crippen MR) is 52.0 cm³/mol. The standard InChI is InChI=1S/C7H15N3O3S/c8-14(12,13)5-4-10-7(11)6-2-1-3-9-6/h6,9H,1-5H2,(H,10,11)(H2,8,12,13). The van der Waals surface area contributed by atoms with E-state index in [0.29, 0.717) is 0 Å². The highest BCUT2D eigenvalue weighted by atomic mass is 32.2. The molecule has 0 bridgehead atoms. The molecule has 0 radical (unpaired) electrons. The summed E-state index contributed by atoms with van der Waals surface area (Å²) < 4.78 is 21.1. The summed E-state index contributed by atoms with van der Waals surface area (Å²) in [6, 6.07) is -0.171. The highest BCUT2D eigenvalue weighted by Gasteiger charge is 2.21. The lowest BCUT2D eigenvalue weighted by molar-refractivity contribution is -0.122. The third kappa shape index (κ3) is 4.03. The van der Waals surface area contributed by atoms with Crippen LogP contribution in [-0.4, -0.2) is 39.2 Å². The highest BCUT2D eigenvalue weighted by Crippen LogP contribution is 2.03. The lowest BCUT2D eigenvalue weighted by Gasteiger charge is -2.09. The fourth-order valence-corrected chi connectivity index (χ4v) is 1.73. The molecule has 1 heterocycles. The van der Waals surface area contributed by atoms with Crippen molar-refractivity contribution in [1.29, 1.82) is 0 Å². The SMILES string of the molecule is NS(=O)(=O)CCNC(=O)C1CCCN1. The predicted octanol–water partition coefficient (Wildman–Crippen LogP) is -1.86. The molecule has 1 aliphatic heterocycles. The Labute approximate surface area is 83.3 Å². The maximum Gasteiger partial charge on any atom is 0.237 e. The fourth-order valence-electron chi connectivity index (χ4n) is 1.35. The number of amides is 1. The van der Waals surface area contributed by atoms with Gasteiger partial charge in [-0.3, -0.25) is 4.79 Å². The monoisotopic (exact) mass is 221 g/mol. The van der Waals surface area contributed by atoms with E-state index in [1.54, 1.807) is 0 Å². The summed E-state index contributed by atoms with van der Waals surface area (Å²) in [5.74, 6) is -0.364. The Kier molecular flexibility index (Phi) is 3.85. The number of hydrogen-bond donors (Lipinski definition) is 3. The minimum absolute atomic E-state index is 0.0792. The van der Waals surface area contributed by atoms with E-state index in [1.165, 1.54) is 0 Å². The van der Waals surface area contributed by atoms with Crippen LogP contribution in [0.15, 0.2) is 0 Å². The van der Waals surface area contributed by atoms with Gasteiger partial charge in [-0.2, -0.15) is 0 Å². The van der Waals surface area contributed by atoms with Gasteiger partial charge in [0.2, 0.25) is 15.9 Å². The van der Waals surface area contributed by atoms with Crippen LogP contribution in [-0.2, 0) is 14.8 Å². The molecule has 0 aromatic carbocycles. The van der Waals surface area contributed by atoms with Crippen molar-refractivity contribution in [2.75, 3.05) is 18.8 Å². The van der Waals surface area contributed by atoms with Crippen molar-refractivity contribution in [2.24, 2.45) is 5.14 Å². The van der Waals surface area contributed by atoms with Gasteiger partial charge in [0.25, 0.3) is 0 Å². The average molecular weight is 221 g/mol. The van der Waals surface area contributed by atoms with Crippen LogP contribution in [0.5, 0.6) is 0 Å². The number of nitrogens with one attached hydrogen (secondary N) is 2. The number of nitrogens with two attached hydrogens (primary N) is 1. The van der Waals surface area contributed by atoms with E-state index in [2.05, 4.69) is 10.6 Å². The smallest absolute Gasteiger partial charge is 0.237 e. The van der Waals surface area contributed by atoms with Gasteiger partial charge in [-0.05, 0) is 19.4 Å². The number of sulfonamides is 1.